The molecule has 0 fully saturated rings. The summed E-state index contributed by atoms with van der Waals surface area (Å²) in [4.78, 5) is 32.0. The lowest BCUT2D eigenvalue weighted by Gasteiger charge is -2.42. The van der Waals surface area contributed by atoms with Crippen molar-refractivity contribution < 1.29 is 18.7 Å². The normalized spacial score (nSPS) is 16.7. The molecule has 3 aromatic rings. The summed E-state index contributed by atoms with van der Waals surface area (Å²) >= 11 is 0. The summed E-state index contributed by atoms with van der Waals surface area (Å²) in [6.45, 7) is 7.84. The molecule has 3 aromatic carbocycles. The second-order valence-electron chi connectivity index (χ2n) is 9.98. The molecule has 0 saturated heterocycles. The van der Waals surface area contributed by atoms with Crippen LogP contribution in [0.1, 0.15) is 65.7 Å². The van der Waals surface area contributed by atoms with Crippen molar-refractivity contribution in [1.82, 2.24) is 15.1 Å². The summed E-state index contributed by atoms with van der Waals surface area (Å²) in [6.07, 6.45) is 2.12. The Labute approximate surface area is 230 Å². The fraction of sp³-hybridized carbons (Fsp3) is 0.375. The number of halogens is 1. The summed E-state index contributed by atoms with van der Waals surface area (Å²) in [5.41, 5.74) is 2.86. The molecule has 1 N–H and O–H groups in total. The van der Waals surface area contributed by atoms with Crippen molar-refractivity contribution in [2.75, 3.05) is 33.3 Å². The highest BCUT2D eigenvalue weighted by molar-refractivity contribution is 6.01. The highest BCUT2D eigenvalue weighted by atomic mass is 19.1. The number of nitrogens with zero attached hydrogens (tertiary/aromatic N) is 2. The van der Waals surface area contributed by atoms with E-state index in [1.54, 1.807) is 30.2 Å². The Morgan fingerprint density at radius 3 is 2.26 bits per heavy atom. The van der Waals surface area contributed by atoms with Gasteiger partial charge in [-0.25, -0.2) is 4.39 Å². The third kappa shape index (κ3) is 6.66. The molecule has 0 saturated carbocycles. The van der Waals surface area contributed by atoms with Gasteiger partial charge in [0, 0.05) is 25.2 Å². The molecule has 0 aliphatic carbocycles. The molecule has 6 nitrogen and oxygen atoms in total. The zero-order chi connectivity index (χ0) is 27.8. The van der Waals surface area contributed by atoms with E-state index < -0.39 is 12.0 Å². The second-order valence-corrected chi connectivity index (χ2v) is 9.98. The first-order valence-electron chi connectivity index (χ1n) is 13.7. The van der Waals surface area contributed by atoms with Gasteiger partial charge >= 0.3 is 0 Å². The molecule has 1 heterocycles. The van der Waals surface area contributed by atoms with Gasteiger partial charge in [0.1, 0.15) is 11.6 Å². The van der Waals surface area contributed by atoms with Crippen LogP contribution in [0.4, 0.5) is 4.39 Å². The van der Waals surface area contributed by atoms with E-state index in [-0.39, 0.29) is 24.2 Å². The van der Waals surface area contributed by atoms with Crippen molar-refractivity contribution in [2.45, 2.75) is 45.2 Å². The molecule has 2 amide bonds. The maximum atomic E-state index is 14.0. The van der Waals surface area contributed by atoms with Crippen LogP contribution in [0, 0.1) is 5.82 Å². The zero-order valence-corrected chi connectivity index (χ0v) is 23.0. The maximum absolute atomic E-state index is 14.0. The lowest BCUT2D eigenvalue weighted by molar-refractivity contribution is -0.124. The molecular weight excluding hydrogens is 493 g/mol. The van der Waals surface area contributed by atoms with Crippen molar-refractivity contribution in [1.29, 1.82) is 0 Å². The van der Waals surface area contributed by atoms with Gasteiger partial charge in [0.05, 0.1) is 19.1 Å². The Balaban J connectivity index is 1.71. The van der Waals surface area contributed by atoms with E-state index in [9.17, 15) is 14.0 Å². The maximum Gasteiger partial charge on any atom is 0.255 e. The minimum absolute atomic E-state index is 0.118. The molecule has 4 rings (SSSR count). The van der Waals surface area contributed by atoms with Crippen LogP contribution in [-0.2, 0) is 11.3 Å². The highest BCUT2D eigenvalue weighted by Gasteiger charge is 2.44. The number of benzene rings is 3. The molecule has 0 bridgehead atoms. The third-order valence-electron chi connectivity index (χ3n) is 7.25. The molecule has 1 aliphatic heterocycles. The number of methoxy groups -OCH3 is 1. The van der Waals surface area contributed by atoms with E-state index in [4.69, 9.17) is 4.74 Å². The average molecular weight is 532 g/mol. The molecule has 2 atom stereocenters. The van der Waals surface area contributed by atoms with Crippen molar-refractivity contribution in [3.05, 3.63) is 101 Å². The lowest BCUT2D eigenvalue weighted by atomic mass is 9.79. The van der Waals surface area contributed by atoms with E-state index in [0.717, 1.165) is 49.2 Å². The quantitative estimate of drug-likeness (QED) is 0.333. The van der Waals surface area contributed by atoms with Crippen molar-refractivity contribution in [3.8, 4) is 5.75 Å². The molecule has 0 aromatic heterocycles. The van der Waals surface area contributed by atoms with Gasteiger partial charge in [-0.2, -0.15) is 0 Å². The van der Waals surface area contributed by atoms with Crippen molar-refractivity contribution >= 4 is 11.8 Å². The number of amides is 2. The Morgan fingerprint density at radius 1 is 0.949 bits per heavy atom. The van der Waals surface area contributed by atoms with Crippen LogP contribution in [0.3, 0.4) is 0 Å². The smallest absolute Gasteiger partial charge is 0.255 e. The largest absolute Gasteiger partial charge is 0.497 e. The first-order valence-corrected chi connectivity index (χ1v) is 13.7. The summed E-state index contributed by atoms with van der Waals surface area (Å²) in [6, 6.07) is 20.5. The monoisotopic (exact) mass is 531 g/mol. The van der Waals surface area contributed by atoms with Gasteiger partial charge in [0.25, 0.3) is 5.91 Å². The van der Waals surface area contributed by atoms with Crippen LogP contribution < -0.4 is 10.1 Å². The average Bonchev–Trinajstić information content (AvgIpc) is 2.95. The number of hydrogen-bond acceptors (Lipinski definition) is 4. The van der Waals surface area contributed by atoms with Gasteiger partial charge in [-0.3, -0.25) is 9.59 Å². The second kappa shape index (κ2) is 13.4. The molecule has 1 aliphatic rings. The Hall–Kier alpha value is -3.71. The number of carbonyl (C=O) groups is 2. The summed E-state index contributed by atoms with van der Waals surface area (Å²) in [5, 5.41) is 3.18. The van der Waals surface area contributed by atoms with E-state index in [1.165, 1.54) is 12.1 Å². The predicted molar refractivity (Wildman–Crippen MR) is 151 cm³/mol. The van der Waals surface area contributed by atoms with Crippen LogP contribution in [-0.4, -0.2) is 54.9 Å². The van der Waals surface area contributed by atoms with Gasteiger partial charge in [-0.1, -0.05) is 56.3 Å². The summed E-state index contributed by atoms with van der Waals surface area (Å²) < 4.78 is 19.0. The van der Waals surface area contributed by atoms with Crippen molar-refractivity contribution in [2.24, 2.45) is 0 Å². The number of carbonyl (C=O) groups excluding carboxylic acids is 2. The molecule has 0 spiro atoms. The van der Waals surface area contributed by atoms with Crippen LogP contribution in [0.2, 0.25) is 0 Å². The van der Waals surface area contributed by atoms with Gasteiger partial charge in [0.2, 0.25) is 5.91 Å². The Bertz CT molecular complexity index is 1240. The number of ether oxygens (including phenoxy) is 1. The SMILES string of the molecule is CCCN(CCC)CCNC(=O)[C@@H]1c2ccccc2C(=O)N(Cc2ccc(F)cc2)[C@H]1c1ccc(OC)cc1. The fourth-order valence-electron chi connectivity index (χ4n) is 5.42. The number of fused-ring (bicyclic) bond motifs is 1. The van der Waals surface area contributed by atoms with Gasteiger partial charge in [-0.05, 0) is 73.0 Å². The van der Waals surface area contributed by atoms with E-state index in [2.05, 4.69) is 24.1 Å². The predicted octanol–water partition coefficient (Wildman–Crippen LogP) is 5.55. The topological polar surface area (TPSA) is 61.9 Å². The van der Waals surface area contributed by atoms with Crippen LogP contribution in [0.15, 0.2) is 72.8 Å². The summed E-state index contributed by atoms with van der Waals surface area (Å²) in [5.74, 6) is -0.527. The molecule has 39 heavy (non-hydrogen) atoms. The molecule has 206 valence electrons. The third-order valence-corrected chi connectivity index (χ3v) is 7.25. The Morgan fingerprint density at radius 2 is 1.62 bits per heavy atom. The minimum Gasteiger partial charge on any atom is -0.497 e. The zero-order valence-electron chi connectivity index (χ0n) is 23.0. The van der Waals surface area contributed by atoms with Gasteiger partial charge in [0.15, 0.2) is 0 Å². The number of nitrogens with one attached hydrogen (secondary N) is 1. The highest BCUT2D eigenvalue weighted by Crippen LogP contribution is 2.44. The van der Waals surface area contributed by atoms with Crippen molar-refractivity contribution in [3.63, 3.8) is 0 Å². The Kier molecular flexibility index (Phi) is 9.71. The molecular formula is C32H38FN3O3. The molecule has 7 heteroatoms. The van der Waals surface area contributed by atoms with E-state index in [0.29, 0.717) is 17.9 Å². The van der Waals surface area contributed by atoms with Crippen LogP contribution >= 0.6 is 0 Å². The molecule has 0 unspecified atom stereocenters. The lowest BCUT2D eigenvalue weighted by Crippen LogP contribution is -2.48. The first kappa shape index (κ1) is 28.3. The minimum atomic E-state index is -0.612. The van der Waals surface area contributed by atoms with Crippen LogP contribution in [0.5, 0.6) is 5.75 Å². The summed E-state index contributed by atoms with van der Waals surface area (Å²) in [7, 11) is 1.60. The van der Waals surface area contributed by atoms with Crippen LogP contribution in [0.25, 0.3) is 0 Å². The number of hydrogen-bond donors (Lipinski definition) is 1. The van der Waals surface area contributed by atoms with E-state index >= 15 is 0 Å². The number of rotatable bonds is 12. The van der Waals surface area contributed by atoms with Gasteiger partial charge in [-0.15, -0.1) is 0 Å². The fourth-order valence-corrected chi connectivity index (χ4v) is 5.42. The van der Waals surface area contributed by atoms with E-state index in [1.807, 2.05) is 42.5 Å². The standard InChI is InChI=1S/C32H38FN3O3/c1-4-19-35(20-5-2)21-18-34-31(37)29-27-8-6-7-9-28(27)32(38)36(22-23-10-14-25(33)15-11-23)30(29)24-12-16-26(39-3)17-13-24/h6-17,29-30H,4-5,18-22H2,1-3H3,(H,34,37)/t29-,30+/m1/s1. The van der Waals surface area contributed by atoms with Gasteiger partial charge < -0.3 is 19.9 Å². The molecule has 0 radical (unpaired) electrons. The first-order chi connectivity index (χ1) is 19.0.